The van der Waals surface area contributed by atoms with Crippen molar-refractivity contribution < 1.29 is 18.0 Å². The van der Waals surface area contributed by atoms with Crippen LogP contribution in [0, 0.1) is 0 Å². The maximum atomic E-state index is 12.7. The summed E-state index contributed by atoms with van der Waals surface area (Å²) in [5.41, 5.74) is 1.04. The second kappa shape index (κ2) is 9.67. The van der Waals surface area contributed by atoms with Crippen LogP contribution in [0.4, 0.5) is 5.69 Å². The lowest BCUT2D eigenvalue weighted by Gasteiger charge is -2.37. The Bertz CT molecular complexity index is 906. The standard InChI is InChI=1S/C22H32N4O4S/c27-21(15-25-10-12-26(13-11-25)18-9-14-31(29,30)16-18)24-20-8-4-3-7-19(20)22(28)23-17-5-1-2-6-17/h3-4,7-8,17-18H,1-2,5-6,9-16H2,(H,23,28)(H,24,27)/t18-/m1/s1. The number of carbonyl (C=O) groups is 2. The molecule has 2 amide bonds. The van der Waals surface area contributed by atoms with Gasteiger partial charge in [-0.25, -0.2) is 8.42 Å². The molecule has 2 N–H and O–H groups in total. The molecule has 170 valence electrons. The third kappa shape index (κ3) is 5.84. The van der Waals surface area contributed by atoms with Crippen LogP contribution in [0.2, 0.25) is 0 Å². The molecule has 1 atom stereocenters. The monoisotopic (exact) mass is 448 g/mol. The molecule has 2 saturated heterocycles. The molecule has 0 aromatic heterocycles. The molecule has 4 rings (SSSR count). The predicted octanol–water partition coefficient (Wildman–Crippen LogP) is 1.10. The number of piperazine rings is 1. The summed E-state index contributed by atoms with van der Waals surface area (Å²) in [6.07, 6.45) is 5.03. The zero-order valence-electron chi connectivity index (χ0n) is 17.9. The highest BCUT2D eigenvalue weighted by Crippen LogP contribution is 2.21. The molecule has 8 nitrogen and oxygen atoms in total. The lowest BCUT2D eigenvalue weighted by molar-refractivity contribution is -0.117. The summed E-state index contributed by atoms with van der Waals surface area (Å²) in [5.74, 6) is 0.266. The molecule has 1 aliphatic carbocycles. The number of anilines is 1. The predicted molar refractivity (Wildman–Crippen MR) is 120 cm³/mol. The molecule has 0 spiro atoms. The summed E-state index contributed by atoms with van der Waals surface area (Å²) in [6, 6.07) is 7.47. The van der Waals surface area contributed by atoms with Crippen LogP contribution < -0.4 is 10.6 Å². The number of para-hydroxylation sites is 1. The van der Waals surface area contributed by atoms with Crippen molar-refractivity contribution in [3.05, 3.63) is 29.8 Å². The SMILES string of the molecule is O=C(CN1CCN([C@@H]2CCS(=O)(=O)C2)CC1)Nc1ccccc1C(=O)NC1CCCC1. The van der Waals surface area contributed by atoms with Crippen molar-refractivity contribution in [2.45, 2.75) is 44.2 Å². The number of hydrogen-bond acceptors (Lipinski definition) is 6. The van der Waals surface area contributed by atoms with E-state index in [4.69, 9.17) is 0 Å². The maximum Gasteiger partial charge on any atom is 0.253 e. The summed E-state index contributed by atoms with van der Waals surface area (Å²) in [4.78, 5) is 29.6. The van der Waals surface area contributed by atoms with E-state index in [-0.39, 0.29) is 41.9 Å². The lowest BCUT2D eigenvalue weighted by Crippen LogP contribution is -2.52. The fraction of sp³-hybridized carbons (Fsp3) is 0.636. The number of hydrogen-bond donors (Lipinski definition) is 2. The summed E-state index contributed by atoms with van der Waals surface area (Å²) in [7, 11) is -2.88. The molecular formula is C22H32N4O4S. The first-order valence-electron chi connectivity index (χ1n) is 11.3. The van der Waals surface area contributed by atoms with Gasteiger partial charge in [0.05, 0.1) is 29.3 Å². The minimum atomic E-state index is -2.88. The molecule has 3 aliphatic rings. The van der Waals surface area contributed by atoms with E-state index in [0.29, 0.717) is 17.7 Å². The van der Waals surface area contributed by atoms with Gasteiger partial charge in [0.2, 0.25) is 5.91 Å². The molecule has 2 heterocycles. The van der Waals surface area contributed by atoms with Gasteiger partial charge in [-0.3, -0.25) is 19.4 Å². The number of amides is 2. The van der Waals surface area contributed by atoms with E-state index in [9.17, 15) is 18.0 Å². The first-order valence-corrected chi connectivity index (χ1v) is 13.1. The molecule has 31 heavy (non-hydrogen) atoms. The Labute approximate surface area is 184 Å². The highest BCUT2D eigenvalue weighted by atomic mass is 32.2. The Balaban J connectivity index is 1.27. The zero-order chi connectivity index (χ0) is 21.8. The second-order valence-corrected chi connectivity index (χ2v) is 11.1. The average molecular weight is 449 g/mol. The quantitative estimate of drug-likeness (QED) is 0.676. The van der Waals surface area contributed by atoms with Crippen molar-refractivity contribution in [3.8, 4) is 0 Å². The maximum absolute atomic E-state index is 12.7. The fourth-order valence-corrected chi connectivity index (χ4v) is 6.63. The Kier molecular flexibility index (Phi) is 6.93. The van der Waals surface area contributed by atoms with E-state index in [0.717, 1.165) is 51.9 Å². The number of nitrogens with zero attached hydrogens (tertiary/aromatic N) is 2. The van der Waals surface area contributed by atoms with Crippen LogP contribution in [0.1, 0.15) is 42.5 Å². The van der Waals surface area contributed by atoms with E-state index in [1.165, 1.54) is 0 Å². The van der Waals surface area contributed by atoms with E-state index < -0.39 is 9.84 Å². The zero-order valence-corrected chi connectivity index (χ0v) is 18.7. The number of sulfone groups is 1. The highest BCUT2D eigenvalue weighted by Gasteiger charge is 2.33. The minimum absolute atomic E-state index is 0.117. The highest BCUT2D eigenvalue weighted by molar-refractivity contribution is 7.91. The molecule has 2 aliphatic heterocycles. The van der Waals surface area contributed by atoms with Gasteiger partial charge in [0.15, 0.2) is 9.84 Å². The van der Waals surface area contributed by atoms with Crippen LogP contribution in [-0.4, -0.2) is 86.3 Å². The summed E-state index contributed by atoms with van der Waals surface area (Å²) < 4.78 is 23.4. The van der Waals surface area contributed by atoms with Crippen molar-refractivity contribution in [2.24, 2.45) is 0 Å². The third-order valence-electron chi connectivity index (χ3n) is 6.64. The van der Waals surface area contributed by atoms with Crippen LogP contribution >= 0.6 is 0 Å². The van der Waals surface area contributed by atoms with Gasteiger partial charge in [-0.15, -0.1) is 0 Å². The topological polar surface area (TPSA) is 98.8 Å². The number of benzene rings is 1. The van der Waals surface area contributed by atoms with E-state index in [2.05, 4.69) is 20.4 Å². The molecule has 1 aromatic rings. The smallest absolute Gasteiger partial charge is 0.253 e. The van der Waals surface area contributed by atoms with Crippen LogP contribution in [0.3, 0.4) is 0 Å². The molecule has 3 fully saturated rings. The van der Waals surface area contributed by atoms with Gasteiger partial charge in [0.25, 0.3) is 5.91 Å². The first-order chi connectivity index (χ1) is 14.9. The second-order valence-electron chi connectivity index (χ2n) is 8.92. The van der Waals surface area contributed by atoms with Crippen LogP contribution in [0.25, 0.3) is 0 Å². The van der Waals surface area contributed by atoms with Gasteiger partial charge in [-0.05, 0) is 31.4 Å². The van der Waals surface area contributed by atoms with Gasteiger partial charge >= 0.3 is 0 Å². The van der Waals surface area contributed by atoms with Crippen molar-refractivity contribution in [3.63, 3.8) is 0 Å². The Morgan fingerprint density at radius 2 is 1.71 bits per heavy atom. The fourth-order valence-electron chi connectivity index (χ4n) is 4.87. The summed E-state index contributed by atoms with van der Waals surface area (Å²) in [6.45, 7) is 3.26. The van der Waals surface area contributed by atoms with Gasteiger partial charge < -0.3 is 10.6 Å². The molecule has 9 heteroatoms. The number of nitrogens with one attached hydrogen (secondary N) is 2. The Morgan fingerprint density at radius 3 is 2.39 bits per heavy atom. The van der Waals surface area contributed by atoms with Crippen molar-refractivity contribution >= 4 is 27.3 Å². The molecule has 0 radical (unpaired) electrons. The van der Waals surface area contributed by atoms with Crippen LogP contribution in [0.15, 0.2) is 24.3 Å². The Hall–Kier alpha value is -1.97. The normalized spacial score (nSPS) is 24.8. The van der Waals surface area contributed by atoms with Gasteiger partial charge in [-0.1, -0.05) is 25.0 Å². The van der Waals surface area contributed by atoms with Crippen molar-refractivity contribution in [2.75, 3.05) is 49.5 Å². The molecule has 0 bridgehead atoms. The van der Waals surface area contributed by atoms with Crippen molar-refractivity contribution in [1.82, 2.24) is 15.1 Å². The summed E-state index contributed by atoms with van der Waals surface area (Å²) in [5, 5.41) is 5.98. The van der Waals surface area contributed by atoms with Gasteiger partial charge in [0.1, 0.15) is 0 Å². The van der Waals surface area contributed by atoms with E-state index in [1.54, 1.807) is 12.1 Å². The molecule has 1 aromatic carbocycles. The first kappa shape index (κ1) is 22.2. The average Bonchev–Trinajstić information content (AvgIpc) is 3.38. The van der Waals surface area contributed by atoms with Crippen molar-refractivity contribution in [1.29, 1.82) is 0 Å². The lowest BCUT2D eigenvalue weighted by atomic mass is 10.1. The van der Waals surface area contributed by atoms with Crippen LogP contribution in [-0.2, 0) is 14.6 Å². The summed E-state index contributed by atoms with van der Waals surface area (Å²) >= 11 is 0. The Morgan fingerprint density at radius 1 is 1.00 bits per heavy atom. The molecule has 1 saturated carbocycles. The van der Waals surface area contributed by atoms with Gasteiger partial charge in [0, 0.05) is 38.3 Å². The molecular weight excluding hydrogens is 416 g/mol. The van der Waals surface area contributed by atoms with Gasteiger partial charge in [-0.2, -0.15) is 0 Å². The van der Waals surface area contributed by atoms with E-state index >= 15 is 0 Å². The van der Waals surface area contributed by atoms with Crippen LogP contribution in [0.5, 0.6) is 0 Å². The molecule has 0 unspecified atom stereocenters. The number of carbonyl (C=O) groups excluding carboxylic acids is 2. The minimum Gasteiger partial charge on any atom is -0.349 e. The third-order valence-corrected chi connectivity index (χ3v) is 8.39. The number of rotatable bonds is 6. The van der Waals surface area contributed by atoms with E-state index in [1.807, 2.05) is 12.1 Å². The largest absolute Gasteiger partial charge is 0.349 e.